The maximum Gasteiger partial charge on any atom is 0.308 e. The zero-order chi connectivity index (χ0) is 10.6. The molecular weight excluding hydrogens is 266 g/mol. The van der Waals surface area contributed by atoms with Gasteiger partial charge in [0.25, 0.3) is 0 Å². The lowest BCUT2D eigenvalue weighted by atomic mass is 10.1. The summed E-state index contributed by atoms with van der Waals surface area (Å²) >= 11 is 4.90. The normalized spacial score (nSPS) is 12.4. The Morgan fingerprint density at radius 3 is 2.93 bits per heavy atom. The average Bonchev–Trinajstić information content (AvgIpc) is 2.52. The van der Waals surface area contributed by atoms with Crippen LogP contribution < -0.4 is 5.32 Å². The van der Waals surface area contributed by atoms with Gasteiger partial charge in [-0.05, 0) is 28.4 Å². The highest BCUT2D eigenvalue weighted by atomic mass is 79.9. The Bertz CT molecular complexity index is 314. The second kappa shape index (κ2) is 5.36. The van der Waals surface area contributed by atoms with Crippen molar-refractivity contribution in [1.29, 1.82) is 0 Å². The van der Waals surface area contributed by atoms with Crippen LogP contribution in [-0.2, 0) is 4.79 Å². The fourth-order valence-electron chi connectivity index (χ4n) is 1.04. The topological polar surface area (TPSA) is 49.3 Å². The minimum absolute atomic E-state index is 0.309. The molecule has 0 bridgehead atoms. The fourth-order valence-corrected chi connectivity index (χ4v) is 2.37. The monoisotopic (exact) mass is 277 g/mol. The molecule has 78 valence electrons. The maximum absolute atomic E-state index is 10.7. The molecule has 1 aromatic heterocycles. The molecule has 0 saturated carbocycles. The van der Waals surface area contributed by atoms with Crippen molar-refractivity contribution in [2.24, 2.45) is 5.92 Å². The van der Waals surface area contributed by atoms with Crippen LogP contribution in [0.4, 0.5) is 5.00 Å². The number of thiophene rings is 1. The first kappa shape index (κ1) is 11.5. The summed E-state index contributed by atoms with van der Waals surface area (Å²) in [7, 11) is 0. The number of nitrogens with one attached hydrogen (secondary N) is 1. The van der Waals surface area contributed by atoms with Crippen LogP contribution in [0, 0.1) is 5.92 Å². The number of halogens is 1. The van der Waals surface area contributed by atoms with Crippen LogP contribution in [0.5, 0.6) is 0 Å². The molecule has 0 fully saturated rings. The zero-order valence-electron chi connectivity index (χ0n) is 7.79. The molecule has 2 N–H and O–H groups in total. The Labute approximate surface area is 95.3 Å². The molecule has 0 aliphatic heterocycles. The summed E-state index contributed by atoms with van der Waals surface area (Å²) in [6.07, 6.45) is 0.648. The van der Waals surface area contributed by atoms with E-state index < -0.39 is 5.97 Å². The molecule has 0 aliphatic carbocycles. The second-order valence-electron chi connectivity index (χ2n) is 2.95. The highest BCUT2D eigenvalue weighted by Gasteiger charge is 2.14. The van der Waals surface area contributed by atoms with Gasteiger partial charge in [0.1, 0.15) is 0 Å². The third-order valence-electron chi connectivity index (χ3n) is 1.93. The number of carbonyl (C=O) groups is 1. The molecule has 0 amide bonds. The SMILES string of the molecule is CCC(CNc1cc(Br)cs1)C(=O)O. The maximum atomic E-state index is 10.7. The zero-order valence-corrected chi connectivity index (χ0v) is 10.2. The molecule has 3 nitrogen and oxygen atoms in total. The number of hydrogen-bond donors (Lipinski definition) is 2. The third kappa shape index (κ3) is 3.31. The number of aliphatic carboxylic acids is 1. The van der Waals surface area contributed by atoms with E-state index in [1.54, 1.807) is 11.3 Å². The highest BCUT2D eigenvalue weighted by molar-refractivity contribution is 9.10. The van der Waals surface area contributed by atoms with Crippen molar-refractivity contribution >= 4 is 38.2 Å². The standard InChI is InChI=1S/C9H12BrNO2S/c1-2-6(9(12)13)4-11-8-3-7(10)5-14-8/h3,5-6,11H,2,4H2,1H3,(H,12,13). The summed E-state index contributed by atoms with van der Waals surface area (Å²) in [5.74, 6) is -1.05. The largest absolute Gasteiger partial charge is 0.481 e. The molecule has 0 aliphatic rings. The van der Waals surface area contributed by atoms with Crippen LogP contribution in [0.1, 0.15) is 13.3 Å². The van der Waals surface area contributed by atoms with E-state index >= 15 is 0 Å². The lowest BCUT2D eigenvalue weighted by Gasteiger charge is -2.10. The van der Waals surface area contributed by atoms with Crippen molar-refractivity contribution in [1.82, 2.24) is 0 Å². The van der Waals surface area contributed by atoms with Crippen molar-refractivity contribution in [3.8, 4) is 0 Å². The highest BCUT2D eigenvalue weighted by Crippen LogP contribution is 2.24. The van der Waals surface area contributed by atoms with E-state index in [-0.39, 0.29) is 5.92 Å². The molecular formula is C9H12BrNO2S. The molecule has 14 heavy (non-hydrogen) atoms. The lowest BCUT2D eigenvalue weighted by molar-refractivity contribution is -0.141. The summed E-state index contributed by atoms with van der Waals surface area (Å²) in [4.78, 5) is 10.7. The lowest BCUT2D eigenvalue weighted by Crippen LogP contribution is -2.21. The predicted molar refractivity (Wildman–Crippen MR) is 61.9 cm³/mol. The van der Waals surface area contributed by atoms with Crippen molar-refractivity contribution in [3.63, 3.8) is 0 Å². The Morgan fingerprint density at radius 2 is 2.50 bits per heavy atom. The number of hydrogen-bond acceptors (Lipinski definition) is 3. The molecule has 0 aromatic carbocycles. The Kier molecular flexibility index (Phi) is 4.41. The molecule has 1 unspecified atom stereocenters. The van der Waals surface area contributed by atoms with E-state index in [1.807, 2.05) is 18.4 Å². The molecule has 0 saturated heterocycles. The van der Waals surface area contributed by atoms with Crippen molar-refractivity contribution in [2.75, 3.05) is 11.9 Å². The average molecular weight is 278 g/mol. The summed E-state index contributed by atoms with van der Waals surface area (Å²) in [5, 5.41) is 14.9. The first-order chi connectivity index (χ1) is 6.63. The smallest absolute Gasteiger partial charge is 0.308 e. The van der Waals surface area contributed by atoms with E-state index in [0.29, 0.717) is 13.0 Å². The summed E-state index contributed by atoms with van der Waals surface area (Å²) in [5.41, 5.74) is 0. The first-order valence-electron chi connectivity index (χ1n) is 4.34. The van der Waals surface area contributed by atoms with E-state index in [0.717, 1.165) is 9.47 Å². The first-order valence-corrected chi connectivity index (χ1v) is 6.01. The summed E-state index contributed by atoms with van der Waals surface area (Å²) < 4.78 is 1.02. The molecule has 0 radical (unpaired) electrons. The summed E-state index contributed by atoms with van der Waals surface area (Å²) in [6, 6.07) is 1.94. The minimum Gasteiger partial charge on any atom is -0.481 e. The van der Waals surface area contributed by atoms with Gasteiger partial charge in [-0.3, -0.25) is 4.79 Å². The van der Waals surface area contributed by atoms with E-state index in [9.17, 15) is 4.79 Å². The quantitative estimate of drug-likeness (QED) is 0.870. The van der Waals surface area contributed by atoms with Crippen molar-refractivity contribution < 1.29 is 9.90 Å². The molecule has 1 heterocycles. The third-order valence-corrected chi connectivity index (χ3v) is 3.58. The van der Waals surface area contributed by atoms with Crippen LogP contribution in [0.3, 0.4) is 0 Å². The molecule has 1 atom stereocenters. The van der Waals surface area contributed by atoms with Gasteiger partial charge in [0.15, 0.2) is 0 Å². The predicted octanol–water partition coefficient (Wildman–Crippen LogP) is 3.03. The Morgan fingerprint density at radius 1 is 1.79 bits per heavy atom. The molecule has 5 heteroatoms. The Balaban J connectivity index is 2.43. The van der Waals surface area contributed by atoms with E-state index in [1.165, 1.54) is 0 Å². The number of anilines is 1. The van der Waals surface area contributed by atoms with Crippen LogP contribution >= 0.6 is 27.3 Å². The van der Waals surface area contributed by atoms with Gasteiger partial charge in [0.2, 0.25) is 0 Å². The number of rotatable bonds is 5. The van der Waals surface area contributed by atoms with Gasteiger partial charge in [0.05, 0.1) is 10.9 Å². The van der Waals surface area contributed by atoms with Crippen molar-refractivity contribution in [3.05, 3.63) is 15.9 Å². The Hall–Kier alpha value is -0.550. The molecule has 1 rings (SSSR count). The van der Waals surface area contributed by atoms with E-state index in [4.69, 9.17) is 5.11 Å². The second-order valence-corrected chi connectivity index (χ2v) is 4.78. The molecule has 1 aromatic rings. The molecule has 0 spiro atoms. The fraction of sp³-hybridized carbons (Fsp3) is 0.444. The van der Waals surface area contributed by atoms with Gasteiger partial charge in [-0.1, -0.05) is 6.92 Å². The van der Waals surface area contributed by atoms with Crippen LogP contribution in [0.2, 0.25) is 0 Å². The van der Waals surface area contributed by atoms with Gasteiger partial charge >= 0.3 is 5.97 Å². The van der Waals surface area contributed by atoms with Gasteiger partial charge in [-0.2, -0.15) is 0 Å². The van der Waals surface area contributed by atoms with E-state index in [2.05, 4.69) is 21.2 Å². The van der Waals surface area contributed by atoms with Gasteiger partial charge in [-0.25, -0.2) is 0 Å². The number of carboxylic acid groups (broad SMARTS) is 1. The summed E-state index contributed by atoms with van der Waals surface area (Å²) in [6.45, 7) is 2.36. The van der Waals surface area contributed by atoms with Gasteiger partial charge < -0.3 is 10.4 Å². The minimum atomic E-state index is -0.740. The van der Waals surface area contributed by atoms with Gasteiger partial charge in [0, 0.05) is 16.4 Å². The van der Waals surface area contributed by atoms with Gasteiger partial charge in [-0.15, -0.1) is 11.3 Å². The van der Waals surface area contributed by atoms with Crippen LogP contribution in [0.25, 0.3) is 0 Å². The van der Waals surface area contributed by atoms with Crippen LogP contribution in [0.15, 0.2) is 15.9 Å². The van der Waals surface area contributed by atoms with Crippen LogP contribution in [-0.4, -0.2) is 17.6 Å². The van der Waals surface area contributed by atoms with Crippen molar-refractivity contribution in [2.45, 2.75) is 13.3 Å². The number of carboxylic acids is 1.